The van der Waals surface area contributed by atoms with Gasteiger partial charge in [-0.15, -0.1) is 0 Å². The van der Waals surface area contributed by atoms with Crippen molar-refractivity contribution in [3.8, 4) is 11.1 Å². The van der Waals surface area contributed by atoms with Crippen molar-refractivity contribution in [2.75, 3.05) is 4.90 Å². The van der Waals surface area contributed by atoms with Gasteiger partial charge in [-0.1, -0.05) is 76.2 Å². The van der Waals surface area contributed by atoms with Crippen LogP contribution >= 0.6 is 0 Å². The lowest BCUT2D eigenvalue weighted by Crippen LogP contribution is -2.39. The highest BCUT2D eigenvalue weighted by Gasteiger charge is 2.39. The van der Waals surface area contributed by atoms with Crippen molar-refractivity contribution < 1.29 is 0 Å². The van der Waals surface area contributed by atoms with E-state index in [4.69, 9.17) is 0 Å². The SMILES string of the molecule is CCc1ccccc1N(c1ccc2c(c1CC)C(C)(C)c1ccccc1-2)C(C)(C)C. The third-order valence-corrected chi connectivity index (χ3v) is 6.68. The zero-order valence-electron chi connectivity index (χ0n) is 19.6. The van der Waals surface area contributed by atoms with Gasteiger partial charge < -0.3 is 4.90 Å². The Kier molecular flexibility index (Phi) is 5.04. The molecule has 0 unspecified atom stereocenters. The molecule has 0 heterocycles. The van der Waals surface area contributed by atoms with Crippen molar-refractivity contribution in [3.63, 3.8) is 0 Å². The van der Waals surface area contributed by atoms with Crippen LogP contribution in [-0.2, 0) is 18.3 Å². The van der Waals surface area contributed by atoms with E-state index in [9.17, 15) is 0 Å². The van der Waals surface area contributed by atoms with E-state index in [0.717, 1.165) is 12.8 Å². The minimum Gasteiger partial charge on any atom is -0.336 e. The second kappa shape index (κ2) is 7.30. The molecular weight excluding hydrogens is 362 g/mol. The first-order valence-corrected chi connectivity index (χ1v) is 11.4. The molecule has 0 atom stereocenters. The van der Waals surface area contributed by atoms with E-state index in [1.54, 1.807) is 0 Å². The first kappa shape index (κ1) is 20.7. The zero-order chi connectivity index (χ0) is 21.7. The van der Waals surface area contributed by atoms with Gasteiger partial charge in [0, 0.05) is 22.3 Å². The first-order valence-electron chi connectivity index (χ1n) is 11.4. The van der Waals surface area contributed by atoms with E-state index in [-0.39, 0.29) is 11.0 Å². The summed E-state index contributed by atoms with van der Waals surface area (Å²) in [4.78, 5) is 2.57. The summed E-state index contributed by atoms with van der Waals surface area (Å²) in [6.45, 7) is 16.3. The molecule has 0 saturated carbocycles. The molecule has 0 radical (unpaired) electrons. The summed E-state index contributed by atoms with van der Waals surface area (Å²) in [6.07, 6.45) is 2.06. The van der Waals surface area contributed by atoms with Gasteiger partial charge in [-0.3, -0.25) is 0 Å². The number of para-hydroxylation sites is 1. The molecule has 156 valence electrons. The van der Waals surface area contributed by atoms with Gasteiger partial charge in [0.1, 0.15) is 0 Å². The number of anilines is 2. The van der Waals surface area contributed by atoms with Gasteiger partial charge in [-0.2, -0.15) is 0 Å². The molecule has 1 heteroatoms. The molecule has 0 bridgehead atoms. The molecule has 0 aromatic heterocycles. The molecule has 0 saturated heterocycles. The fourth-order valence-electron chi connectivity index (χ4n) is 5.42. The number of hydrogen-bond acceptors (Lipinski definition) is 1. The van der Waals surface area contributed by atoms with Crippen molar-refractivity contribution in [2.45, 2.75) is 72.3 Å². The van der Waals surface area contributed by atoms with Crippen molar-refractivity contribution in [1.29, 1.82) is 0 Å². The summed E-state index contributed by atoms with van der Waals surface area (Å²) < 4.78 is 0. The third kappa shape index (κ3) is 3.07. The molecule has 30 heavy (non-hydrogen) atoms. The summed E-state index contributed by atoms with van der Waals surface area (Å²) >= 11 is 0. The Morgan fingerprint density at radius 2 is 1.40 bits per heavy atom. The lowest BCUT2D eigenvalue weighted by atomic mass is 9.79. The fraction of sp³-hybridized carbons (Fsp3) is 0.379. The molecule has 4 rings (SSSR count). The molecular formula is C29H35N. The quantitative estimate of drug-likeness (QED) is 0.430. The summed E-state index contributed by atoms with van der Waals surface area (Å²) in [5.74, 6) is 0. The zero-order valence-corrected chi connectivity index (χ0v) is 19.6. The van der Waals surface area contributed by atoms with Crippen LogP contribution in [0.25, 0.3) is 11.1 Å². The minimum atomic E-state index is -0.0287. The van der Waals surface area contributed by atoms with Gasteiger partial charge in [-0.25, -0.2) is 0 Å². The molecule has 0 aliphatic heterocycles. The van der Waals surface area contributed by atoms with Crippen molar-refractivity contribution in [1.82, 2.24) is 0 Å². The average molecular weight is 398 g/mol. The number of fused-ring (bicyclic) bond motifs is 3. The standard InChI is InChI=1S/C29H35N/c1-8-20-14-10-13-17-25(20)30(28(3,4)5)26-19-18-23-22-15-11-12-16-24(22)29(6,7)27(23)21(26)9-2/h10-19H,8-9H2,1-7H3. The first-order chi connectivity index (χ1) is 14.2. The highest BCUT2D eigenvalue weighted by molar-refractivity contribution is 5.86. The maximum absolute atomic E-state index is 2.57. The van der Waals surface area contributed by atoms with Crippen LogP contribution in [0.2, 0.25) is 0 Å². The van der Waals surface area contributed by atoms with E-state index < -0.39 is 0 Å². The van der Waals surface area contributed by atoms with Crippen LogP contribution in [0.4, 0.5) is 11.4 Å². The van der Waals surface area contributed by atoms with E-state index in [1.165, 1.54) is 44.8 Å². The van der Waals surface area contributed by atoms with Crippen molar-refractivity contribution >= 4 is 11.4 Å². The maximum atomic E-state index is 2.57. The van der Waals surface area contributed by atoms with Gasteiger partial charge in [0.2, 0.25) is 0 Å². The van der Waals surface area contributed by atoms with E-state index >= 15 is 0 Å². The maximum Gasteiger partial charge on any atom is 0.0451 e. The Morgan fingerprint density at radius 1 is 0.733 bits per heavy atom. The molecule has 0 N–H and O–H groups in total. The number of hydrogen-bond donors (Lipinski definition) is 0. The second-order valence-electron chi connectivity index (χ2n) is 10.00. The fourth-order valence-corrected chi connectivity index (χ4v) is 5.42. The van der Waals surface area contributed by atoms with E-state index in [1.807, 2.05) is 0 Å². The molecule has 3 aromatic rings. The van der Waals surface area contributed by atoms with Crippen LogP contribution in [0.15, 0.2) is 60.7 Å². The summed E-state index contributed by atoms with van der Waals surface area (Å²) in [6, 6.07) is 22.6. The Morgan fingerprint density at radius 3 is 2.07 bits per heavy atom. The smallest absolute Gasteiger partial charge is 0.0451 e. The van der Waals surface area contributed by atoms with Crippen LogP contribution in [-0.4, -0.2) is 5.54 Å². The Balaban J connectivity index is 2.01. The van der Waals surface area contributed by atoms with Crippen LogP contribution in [0.5, 0.6) is 0 Å². The largest absolute Gasteiger partial charge is 0.336 e. The minimum absolute atomic E-state index is 0.0150. The summed E-state index contributed by atoms with van der Waals surface area (Å²) in [5.41, 5.74) is 11.3. The monoisotopic (exact) mass is 397 g/mol. The van der Waals surface area contributed by atoms with Gasteiger partial charge in [0.25, 0.3) is 0 Å². The number of nitrogens with zero attached hydrogens (tertiary/aromatic N) is 1. The highest BCUT2D eigenvalue weighted by Crippen LogP contribution is 2.53. The van der Waals surface area contributed by atoms with Crippen LogP contribution < -0.4 is 4.90 Å². The predicted molar refractivity (Wildman–Crippen MR) is 131 cm³/mol. The van der Waals surface area contributed by atoms with Gasteiger partial charge in [-0.05, 0) is 79.1 Å². The van der Waals surface area contributed by atoms with Gasteiger partial charge >= 0.3 is 0 Å². The number of benzene rings is 3. The predicted octanol–water partition coefficient (Wildman–Crippen LogP) is 8.05. The lowest BCUT2D eigenvalue weighted by Gasteiger charge is -2.41. The molecule has 1 aliphatic rings. The van der Waals surface area contributed by atoms with Crippen LogP contribution in [0.3, 0.4) is 0 Å². The van der Waals surface area contributed by atoms with Crippen LogP contribution in [0, 0.1) is 0 Å². The average Bonchev–Trinajstić information content (AvgIpc) is 2.95. The van der Waals surface area contributed by atoms with Crippen molar-refractivity contribution in [2.24, 2.45) is 0 Å². The normalized spacial score (nSPS) is 14.4. The second-order valence-corrected chi connectivity index (χ2v) is 10.00. The summed E-state index contributed by atoms with van der Waals surface area (Å²) in [7, 11) is 0. The van der Waals surface area contributed by atoms with Crippen LogP contribution in [0.1, 0.15) is 70.7 Å². The molecule has 0 spiro atoms. The number of rotatable bonds is 4. The van der Waals surface area contributed by atoms with Gasteiger partial charge in [0.15, 0.2) is 0 Å². The van der Waals surface area contributed by atoms with Gasteiger partial charge in [0.05, 0.1) is 0 Å². The van der Waals surface area contributed by atoms with Crippen molar-refractivity contribution in [3.05, 3.63) is 82.9 Å². The molecule has 1 nitrogen and oxygen atoms in total. The Bertz CT molecular complexity index is 1080. The Labute approximate surface area is 182 Å². The highest BCUT2D eigenvalue weighted by atomic mass is 15.2. The molecule has 1 aliphatic carbocycles. The topological polar surface area (TPSA) is 3.24 Å². The third-order valence-electron chi connectivity index (χ3n) is 6.68. The summed E-state index contributed by atoms with van der Waals surface area (Å²) in [5, 5.41) is 0. The van der Waals surface area contributed by atoms with E-state index in [2.05, 4.69) is 114 Å². The lowest BCUT2D eigenvalue weighted by molar-refractivity contribution is 0.556. The molecule has 3 aromatic carbocycles. The number of aryl methyl sites for hydroxylation is 1. The van der Waals surface area contributed by atoms with E-state index in [0.29, 0.717) is 0 Å². The Hall–Kier alpha value is -2.54. The molecule has 0 fully saturated rings. The molecule has 0 amide bonds.